The zero-order valence-corrected chi connectivity index (χ0v) is 12.1. The van der Waals surface area contributed by atoms with Crippen LogP contribution >= 0.6 is 0 Å². The second-order valence-electron chi connectivity index (χ2n) is 4.23. The van der Waals surface area contributed by atoms with Crippen LogP contribution in [0.3, 0.4) is 0 Å². The summed E-state index contributed by atoms with van der Waals surface area (Å²) in [5, 5.41) is 2.71. The molecule has 1 unspecified atom stereocenters. The highest BCUT2D eigenvalue weighted by Gasteiger charge is 2.16. The van der Waals surface area contributed by atoms with Gasteiger partial charge in [-0.3, -0.25) is 4.79 Å². The minimum Gasteiger partial charge on any atom is -0.493 e. The van der Waals surface area contributed by atoms with E-state index in [9.17, 15) is 4.79 Å². The molecule has 1 aromatic rings. The van der Waals surface area contributed by atoms with Crippen molar-refractivity contribution in [1.82, 2.24) is 5.32 Å². The molecule has 1 atom stereocenters. The number of benzene rings is 1. The van der Waals surface area contributed by atoms with Crippen molar-refractivity contribution in [3.05, 3.63) is 23.8 Å². The molecule has 0 saturated carbocycles. The molecule has 3 N–H and O–H groups in total. The van der Waals surface area contributed by atoms with Gasteiger partial charge in [-0.2, -0.15) is 0 Å². The summed E-state index contributed by atoms with van der Waals surface area (Å²) in [5.74, 6) is 0.871. The highest BCUT2D eigenvalue weighted by atomic mass is 16.5. The van der Waals surface area contributed by atoms with Crippen LogP contribution in [0.5, 0.6) is 11.5 Å². The lowest BCUT2D eigenvalue weighted by atomic mass is 10.2. The molecule has 112 valence electrons. The van der Waals surface area contributed by atoms with Crippen LogP contribution in [0.25, 0.3) is 0 Å². The highest BCUT2D eigenvalue weighted by Crippen LogP contribution is 2.28. The van der Waals surface area contributed by atoms with Gasteiger partial charge in [0.05, 0.1) is 13.7 Å². The second-order valence-corrected chi connectivity index (χ2v) is 4.23. The van der Waals surface area contributed by atoms with Crippen LogP contribution in [-0.2, 0) is 16.1 Å². The van der Waals surface area contributed by atoms with Crippen molar-refractivity contribution in [2.45, 2.75) is 19.6 Å². The Morgan fingerprint density at radius 2 is 2.10 bits per heavy atom. The second kappa shape index (κ2) is 8.39. The summed E-state index contributed by atoms with van der Waals surface area (Å²) in [6, 6.07) is 5.39. The number of ether oxygens (including phenoxy) is 3. The monoisotopic (exact) mass is 282 g/mol. The summed E-state index contributed by atoms with van der Waals surface area (Å²) in [6.45, 7) is 3.02. The van der Waals surface area contributed by atoms with E-state index in [0.29, 0.717) is 31.2 Å². The number of hydrogen-bond acceptors (Lipinski definition) is 5. The van der Waals surface area contributed by atoms with E-state index in [1.807, 2.05) is 6.07 Å². The van der Waals surface area contributed by atoms with E-state index < -0.39 is 6.10 Å². The molecule has 0 radical (unpaired) electrons. The fraction of sp³-hybridized carbons (Fsp3) is 0.500. The molecular formula is C14H22N2O4. The summed E-state index contributed by atoms with van der Waals surface area (Å²) in [7, 11) is 3.13. The van der Waals surface area contributed by atoms with Gasteiger partial charge in [-0.25, -0.2) is 0 Å². The molecule has 1 aromatic carbocycles. The molecule has 0 aliphatic rings. The van der Waals surface area contributed by atoms with E-state index >= 15 is 0 Å². The van der Waals surface area contributed by atoms with Gasteiger partial charge in [0.15, 0.2) is 17.6 Å². The molecule has 0 fully saturated rings. The van der Waals surface area contributed by atoms with Crippen LogP contribution in [0.15, 0.2) is 18.2 Å². The third kappa shape index (κ3) is 4.71. The van der Waals surface area contributed by atoms with Gasteiger partial charge in [0, 0.05) is 20.2 Å². The van der Waals surface area contributed by atoms with E-state index in [2.05, 4.69) is 5.32 Å². The van der Waals surface area contributed by atoms with Crippen LogP contribution in [0.1, 0.15) is 12.5 Å². The Labute approximate surface area is 119 Å². The Hall–Kier alpha value is -1.79. The average Bonchev–Trinajstić information content (AvgIpc) is 2.47. The summed E-state index contributed by atoms with van der Waals surface area (Å²) < 4.78 is 15.7. The van der Waals surface area contributed by atoms with Crippen molar-refractivity contribution in [3.63, 3.8) is 0 Å². The number of nitrogens with two attached hydrogens (primary N) is 1. The summed E-state index contributed by atoms with van der Waals surface area (Å²) in [4.78, 5) is 11.8. The zero-order valence-electron chi connectivity index (χ0n) is 12.1. The Kier molecular flexibility index (Phi) is 6.83. The van der Waals surface area contributed by atoms with Crippen LogP contribution in [0.2, 0.25) is 0 Å². The fourth-order valence-corrected chi connectivity index (χ4v) is 1.60. The first kappa shape index (κ1) is 16.3. The van der Waals surface area contributed by atoms with Crippen molar-refractivity contribution >= 4 is 5.91 Å². The molecular weight excluding hydrogens is 260 g/mol. The number of amides is 1. The normalized spacial score (nSPS) is 11.8. The number of carbonyl (C=O) groups is 1. The number of carbonyl (C=O) groups excluding carboxylic acids is 1. The molecule has 0 aromatic heterocycles. The van der Waals surface area contributed by atoms with E-state index in [-0.39, 0.29) is 5.91 Å². The molecule has 0 heterocycles. The molecule has 0 aliphatic carbocycles. The lowest BCUT2D eigenvalue weighted by molar-refractivity contribution is -0.127. The quantitative estimate of drug-likeness (QED) is 0.685. The molecule has 0 spiro atoms. The van der Waals surface area contributed by atoms with Crippen molar-refractivity contribution in [1.29, 1.82) is 0 Å². The largest absolute Gasteiger partial charge is 0.493 e. The first-order valence-corrected chi connectivity index (χ1v) is 6.42. The van der Waals surface area contributed by atoms with Gasteiger partial charge < -0.3 is 25.3 Å². The van der Waals surface area contributed by atoms with Crippen molar-refractivity contribution < 1.29 is 19.0 Å². The first-order valence-electron chi connectivity index (χ1n) is 6.42. The van der Waals surface area contributed by atoms with E-state index in [4.69, 9.17) is 19.9 Å². The smallest absolute Gasteiger partial charge is 0.260 e. The highest BCUT2D eigenvalue weighted by molar-refractivity contribution is 5.80. The van der Waals surface area contributed by atoms with Crippen molar-refractivity contribution in [2.24, 2.45) is 5.73 Å². The molecule has 0 aliphatic heterocycles. The zero-order chi connectivity index (χ0) is 15.0. The molecule has 1 amide bonds. The van der Waals surface area contributed by atoms with Crippen LogP contribution in [0, 0.1) is 0 Å². The molecule has 6 heteroatoms. The third-order valence-electron chi connectivity index (χ3n) is 2.74. The average molecular weight is 282 g/mol. The number of hydrogen-bond donors (Lipinski definition) is 2. The number of nitrogens with one attached hydrogen (secondary N) is 1. The van der Waals surface area contributed by atoms with Crippen molar-refractivity contribution in [2.75, 3.05) is 27.4 Å². The molecule has 0 saturated heterocycles. The minimum atomic E-state index is -0.621. The number of rotatable bonds is 8. The van der Waals surface area contributed by atoms with E-state index in [1.54, 1.807) is 33.3 Å². The lowest BCUT2D eigenvalue weighted by Crippen LogP contribution is -2.38. The molecule has 20 heavy (non-hydrogen) atoms. The Morgan fingerprint density at radius 1 is 1.35 bits per heavy atom. The van der Waals surface area contributed by atoms with E-state index in [0.717, 1.165) is 5.56 Å². The van der Waals surface area contributed by atoms with Gasteiger partial charge in [0.1, 0.15) is 0 Å². The van der Waals surface area contributed by atoms with E-state index in [1.165, 1.54) is 0 Å². The molecule has 0 bridgehead atoms. The first-order chi connectivity index (χ1) is 9.62. The van der Waals surface area contributed by atoms with Gasteiger partial charge in [-0.15, -0.1) is 0 Å². The summed E-state index contributed by atoms with van der Waals surface area (Å²) in [6.07, 6.45) is -0.621. The van der Waals surface area contributed by atoms with Gasteiger partial charge in [-0.05, 0) is 24.6 Å². The van der Waals surface area contributed by atoms with Gasteiger partial charge in [0.25, 0.3) is 5.91 Å². The van der Waals surface area contributed by atoms with Gasteiger partial charge >= 0.3 is 0 Å². The predicted molar refractivity (Wildman–Crippen MR) is 75.9 cm³/mol. The standard InChI is InChI=1S/C14H22N2O4/c1-10(14(17)16-6-7-18-2)20-12-5-4-11(9-15)8-13(12)19-3/h4-5,8,10H,6-7,9,15H2,1-3H3,(H,16,17). The fourth-order valence-electron chi connectivity index (χ4n) is 1.60. The minimum absolute atomic E-state index is 0.202. The third-order valence-corrected chi connectivity index (χ3v) is 2.74. The van der Waals surface area contributed by atoms with Gasteiger partial charge in [-0.1, -0.05) is 6.07 Å². The maximum atomic E-state index is 11.8. The topological polar surface area (TPSA) is 82.8 Å². The van der Waals surface area contributed by atoms with Crippen LogP contribution in [-0.4, -0.2) is 39.4 Å². The number of methoxy groups -OCH3 is 2. The SMILES string of the molecule is COCCNC(=O)C(C)Oc1ccc(CN)cc1OC. The Balaban J connectivity index is 2.65. The molecule has 6 nitrogen and oxygen atoms in total. The molecule has 1 rings (SSSR count). The summed E-state index contributed by atoms with van der Waals surface area (Å²) in [5.41, 5.74) is 6.51. The van der Waals surface area contributed by atoms with Crippen LogP contribution < -0.4 is 20.5 Å². The predicted octanol–water partition coefficient (Wildman–Crippen LogP) is 0.684. The van der Waals surface area contributed by atoms with Crippen molar-refractivity contribution in [3.8, 4) is 11.5 Å². The lowest BCUT2D eigenvalue weighted by Gasteiger charge is -2.17. The maximum absolute atomic E-state index is 11.8. The van der Waals surface area contributed by atoms with Gasteiger partial charge in [0.2, 0.25) is 0 Å². The Bertz CT molecular complexity index is 437. The van der Waals surface area contributed by atoms with Crippen LogP contribution in [0.4, 0.5) is 0 Å². The Morgan fingerprint density at radius 3 is 2.70 bits per heavy atom. The summed E-state index contributed by atoms with van der Waals surface area (Å²) >= 11 is 0. The maximum Gasteiger partial charge on any atom is 0.260 e.